The van der Waals surface area contributed by atoms with Gasteiger partial charge in [-0.1, -0.05) is 6.07 Å². The van der Waals surface area contributed by atoms with E-state index in [0.29, 0.717) is 11.3 Å². The first-order valence-corrected chi connectivity index (χ1v) is 11.4. The normalized spacial score (nSPS) is 16.2. The van der Waals surface area contributed by atoms with Gasteiger partial charge < -0.3 is 9.80 Å². The lowest BCUT2D eigenvalue weighted by molar-refractivity contribution is -0.134. The number of nitrogens with zero attached hydrogens (tertiary/aromatic N) is 5. The first kappa shape index (κ1) is 19.3. The van der Waals surface area contributed by atoms with Crippen LogP contribution in [0.3, 0.4) is 0 Å². The van der Waals surface area contributed by atoms with E-state index in [9.17, 15) is 4.79 Å². The van der Waals surface area contributed by atoms with Gasteiger partial charge in [0.2, 0.25) is 5.91 Å². The predicted molar refractivity (Wildman–Crippen MR) is 116 cm³/mol. The van der Waals surface area contributed by atoms with Crippen molar-refractivity contribution >= 4 is 45.9 Å². The number of amides is 1. The number of carbonyl (C=O) groups is 1. The highest BCUT2D eigenvalue weighted by Crippen LogP contribution is 2.27. The van der Waals surface area contributed by atoms with Crippen LogP contribution in [0, 0.1) is 11.7 Å². The summed E-state index contributed by atoms with van der Waals surface area (Å²) in [5.41, 5.74) is 1.04. The Bertz CT molecular complexity index is 1000. The summed E-state index contributed by atoms with van der Waals surface area (Å²) in [6.07, 6.45) is 0.922. The Hall–Kier alpha value is -2.04. The van der Waals surface area contributed by atoms with Crippen molar-refractivity contribution in [1.29, 1.82) is 0 Å². The standard InChI is InChI=1S/C18H22N6OS3/c1-12-11-28-18(19-12)23-7-4-6-22(8-9-23)16(25)13(2)24-15(20-21-17(24)26)14-5-3-10-27-14/h3,5,10-11,13H,4,6-9H2,1-2H3,(H,21,26). The largest absolute Gasteiger partial charge is 0.346 e. The Morgan fingerprint density at radius 1 is 1.29 bits per heavy atom. The summed E-state index contributed by atoms with van der Waals surface area (Å²) in [5.74, 6) is 0.794. The molecular weight excluding hydrogens is 412 g/mol. The van der Waals surface area contributed by atoms with Gasteiger partial charge in [-0.3, -0.25) is 14.5 Å². The second-order valence-electron chi connectivity index (χ2n) is 6.81. The van der Waals surface area contributed by atoms with Gasteiger partial charge in [-0.2, -0.15) is 5.10 Å². The number of hydrogen-bond donors (Lipinski definition) is 1. The maximum atomic E-state index is 13.3. The molecular formula is C18H22N6OS3. The van der Waals surface area contributed by atoms with E-state index in [1.54, 1.807) is 22.7 Å². The second kappa shape index (κ2) is 8.14. The summed E-state index contributed by atoms with van der Waals surface area (Å²) in [4.78, 5) is 23.1. The molecule has 4 heterocycles. The van der Waals surface area contributed by atoms with Crippen LogP contribution in [-0.2, 0) is 4.79 Å². The van der Waals surface area contributed by atoms with E-state index in [4.69, 9.17) is 12.2 Å². The van der Waals surface area contributed by atoms with Crippen molar-refractivity contribution in [3.63, 3.8) is 0 Å². The Morgan fingerprint density at radius 3 is 2.86 bits per heavy atom. The molecule has 0 bridgehead atoms. The summed E-state index contributed by atoms with van der Waals surface area (Å²) in [6, 6.07) is 3.55. The van der Waals surface area contributed by atoms with Gasteiger partial charge in [0.25, 0.3) is 0 Å². The molecule has 0 aliphatic carbocycles. The minimum Gasteiger partial charge on any atom is -0.346 e. The fourth-order valence-electron chi connectivity index (χ4n) is 3.43. The van der Waals surface area contributed by atoms with Gasteiger partial charge in [0.1, 0.15) is 6.04 Å². The van der Waals surface area contributed by atoms with Gasteiger partial charge in [0, 0.05) is 31.6 Å². The van der Waals surface area contributed by atoms with Crippen LogP contribution in [0.5, 0.6) is 0 Å². The average Bonchev–Trinajstić information content (AvgIpc) is 3.39. The zero-order valence-corrected chi connectivity index (χ0v) is 18.2. The fraction of sp³-hybridized carbons (Fsp3) is 0.444. The molecule has 1 saturated heterocycles. The van der Waals surface area contributed by atoms with Gasteiger partial charge in [-0.05, 0) is 43.9 Å². The number of thiazole rings is 1. The molecule has 0 radical (unpaired) electrons. The number of carbonyl (C=O) groups excluding carboxylic acids is 1. The third-order valence-corrected chi connectivity index (χ3v) is 7.05. The minimum atomic E-state index is -0.406. The molecule has 3 aromatic heterocycles. The van der Waals surface area contributed by atoms with E-state index in [2.05, 4.69) is 25.5 Å². The SMILES string of the molecule is Cc1csc(N2CCCN(C(=O)C(C)n3c(-c4cccs4)n[nH]c3=S)CC2)n1. The van der Waals surface area contributed by atoms with Crippen molar-refractivity contribution in [1.82, 2.24) is 24.6 Å². The number of nitrogens with one attached hydrogen (secondary N) is 1. The zero-order valence-electron chi connectivity index (χ0n) is 15.8. The van der Waals surface area contributed by atoms with Crippen molar-refractivity contribution in [2.24, 2.45) is 0 Å². The molecule has 1 N–H and O–H groups in total. The molecule has 1 amide bonds. The quantitative estimate of drug-likeness (QED) is 0.634. The Balaban J connectivity index is 1.51. The lowest BCUT2D eigenvalue weighted by atomic mass is 10.2. The first-order chi connectivity index (χ1) is 13.5. The Labute approximate surface area is 176 Å². The monoisotopic (exact) mass is 434 g/mol. The highest BCUT2D eigenvalue weighted by molar-refractivity contribution is 7.71. The van der Waals surface area contributed by atoms with Gasteiger partial charge in [-0.15, -0.1) is 22.7 Å². The van der Waals surface area contributed by atoms with Crippen LogP contribution in [0.4, 0.5) is 5.13 Å². The molecule has 1 unspecified atom stereocenters. The maximum absolute atomic E-state index is 13.3. The predicted octanol–water partition coefficient (Wildman–Crippen LogP) is 3.73. The summed E-state index contributed by atoms with van der Waals surface area (Å²) < 4.78 is 2.30. The fourth-order valence-corrected chi connectivity index (χ4v) is 5.29. The molecule has 28 heavy (non-hydrogen) atoms. The van der Waals surface area contributed by atoms with Gasteiger partial charge in [0.15, 0.2) is 15.7 Å². The maximum Gasteiger partial charge on any atom is 0.245 e. The highest BCUT2D eigenvalue weighted by atomic mass is 32.1. The average molecular weight is 435 g/mol. The number of aromatic nitrogens is 4. The first-order valence-electron chi connectivity index (χ1n) is 9.21. The summed E-state index contributed by atoms with van der Waals surface area (Å²) in [5, 5.41) is 12.3. The van der Waals surface area contributed by atoms with Crippen molar-refractivity contribution in [2.75, 3.05) is 31.1 Å². The number of aryl methyl sites for hydroxylation is 1. The van der Waals surface area contributed by atoms with E-state index in [0.717, 1.165) is 47.6 Å². The molecule has 3 aromatic rings. The van der Waals surface area contributed by atoms with Crippen LogP contribution in [0.2, 0.25) is 0 Å². The van der Waals surface area contributed by atoms with Crippen LogP contribution in [0.25, 0.3) is 10.7 Å². The molecule has 1 atom stereocenters. The van der Waals surface area contributed by atoms with E-state index in [1.807, 2.05) is 40.8 Å². The van der Waals surface area contributed by atoms with Crippen molar-refractivity contribution in [3.05, 3.63) is 33.4 Å². The Morgan fingerprint density at radius 2 is 2.14 bits per heavy atom. The summed E-state index contributed by atoms with van der Waals surface area (Å²) in [6.45, 7) is 7.04. The third kappa shape index (κ3) is 3.76. The highest BCUT2D eigenvalue weighted by Gasteiger charge is 2.27. The number of hydrogen-bond acceptors (Lipinski definition) is 7. The third-order valence-electron chi connectivity index (χ3n) is 4.88. The van der Waals surface area contributed by atoms with E-state index in [1.165, 1.54) is 0 Å². The van der Waals surface area contributed by atoms with E-state index < -0.39 is 6.04 Å². The molecule has 0 spiro atoms. The van der Waals surface area contributed by atoms with Crippen molar-refractivity contribution < 1.29 is 4.79 Å². The number of thiophene rings is 1. The van der Waals surface area contributed by atoms with Crippen molar-refractivity contribution in [2.45, 2.75) is 26.3 Å². The number of H-pyrrole nitrogens is 1. The molecule has 0 saturated carbocycles. The van der Waals surface area contributed by atoms with E-state index in [-0.39, 0.29) is 5.91 Å². The smallest absolute Gasteiger partial charge is 0.245 e. The van der Waals surface area contributed by atoms with Crippen LogP contribution in [0.1, 0.15) is 25.1 Å². The molecule has 1 aliphatic heterocycles. The number of anilines is 1. The van der Waals surface area contributed by atoms with Gasteiger partial charge in [-0.25, -0.2) is 4.98 Å². The number of aromatic amines is 1. The summed E-state index contributed by atoms with van der Waals surface area (Å²) in [7, 11) is 0. The molecule has 1 fully saturated rings. The molecule has 10 heteroatoms. The number of rotatable bonds is 4. The molecule has 4 rings (SSSR count). The molecule has 7 nitrogen and oxygen atoms in total. The molecule has 1 aliphatic rings. The molecule has 148 valence electrons. The minimum absolute atomic E-state index is 0.0764. The van der Waals surface area contributed by atoms with Crippen LogP contribution in [-0.4, -0.2) is 56.7 Å². The van der Waals surface area contributed by atoms with E-state index >= 15 is 0 Å². The van der Waals surface area contributed by atoms with Gasteiger partial charge >= 0.3 is 0 Å². The topological polar surface area (TPSA) is 70.1 Å². The van der Waals surface area contributed by atoms with Gasteiger partial charge in [0.05, 0.1) is 10.6 Å². The zero-order chi connectivity index (χ0) is 19.7. The van der Waals surface area contributed by atoms with Crippen molar-refractivity contribution in [3.8, 4) is 10.7 Å². The van der Waals surface area contributed by atoms with Crippen LogP contribution < -0.4 is 4.90 Å². The van der Waals surface area contributed by atoms with Crippen LogP contribution in [0.15, 0.2) is 22.9 Å². The molecule has 0 aromatic carbocycles. The second-order valence-corrected chi connectivity index (χ2v) is 8.98. The lowest BCUT2D eigenvalue weighted by Gasteiger charge is -2.25. The lowest BCUT2D eigenvalue weighted by Crippen LogP contribution is -2.39. The Kier molecular flexibility index (Phi) is 5.61. The summed E-state index contributed by atoms with van der Waals surface area (Å²) >= 11 is 8.67. The van der Waals surface area contributed by atoms with Crippen LogP contribution >= 0.6 is 34.9 Å².